The molecule has 4 rings (SSSR count). The van der Waals surface area contributed by atoms with Gasteiger partial charge in [0.1, 0.15) is 23.9 Å². The Morgan fingerprint density at radius 1 is 1.00 bits per heavy atom. The minimum Gasteiger partial charge on any atom is -0.496 e. The SMILES string of the molecule is COc1cc(OCc2ccccn2)ccc1C=Cc1cc(C=Cc2nccn2C)[nH]n1. The summed E-state index contributed by atoms with van der Waals surface area (Å²) in [4.78, 5) is 8.53. The predicted molar refractivity (Wildman–Crippen MR) is 121 cm³/mol. The van der Waals surface area contributed by atoms with Crippen LogP contribution < -0.4 is 9.47 Å². The number of hydrogen-bond acceptors (Lipinski definition) is 5. The van der Waals surface area contributed by atoms with Crippen LogP contribution in [-0.4, -0.2) is 31.8 Å². The summed E-state index contributed by atoms with van der Waals surface area (Å²) in [6.07, 6.45) is 13.2. The van der Waals surface area contributed by atoms with Crippen LogP contribution in [0.3, 0.4) is 0 Å². The van der Waals surface area contributed by atoms with Gasteiger partial charge < -0.3 is 14.0 Å². The van der Waals surface area contributed by atoms with E-state index in [-0.39, 0.29) is 0 Å². The van der Waals surface area contributed by atoms with Gasteiger partial charge in [-0.2, -0.15) is 5.10 Å². The highest BCUT2D eigenvalue weighted by Crippen LogP contribution is 2.27. The second kappa shape index (κ2) is 9.58. The van der Waals surface area contributed by atoms with Gasteiger partial charge in [-0.15, -0.1) is 0 Å². The molecular weight excluding hydrogens is 390 g/mol. The summed E-state index contributed by atoms with van der Waals surface area (Å²) in [5, 5.41) is 7.34. The van der Waals surface area contributed by atoms with Crippen LogP contribution in [0, 0.1) is 0 Å². The summed E-state index contributed by atoms with van der Waals surface area (Å²) < 4.78 is 13.3. The summed E-state index contributed by atoms with van der Waals surface area (Å²) in [7, 11) is 3.60. The quantitative estimate of drug-likeness (QED) is 0.461. The lowest BCUT2D eigenvalue weighted by Crippen LogP contribution is -1.98. The normalized spacial score (nSPS) is 11.4. The zero-order valence-corrected chi connectivity index (χ0v) is 17.4. The van der Waals surface area contributed by atoms with Crippen LogP contribution in [0.1, 0.15) is 28.5 Å². The van der Waals surface area contributed by atoms with E-state index < -0.39 is 0 Å². The van der Waals surface area contributed by atoms with Crippen LogP contribution in [0.2, 0.25) is 0 Å². The molecule has 0 saturated heterocycles. The van der Waals surface area contributed by atoms with Gasteiger partial charge in [0.25, 0.3) is 0 Å². The average Bonchev–Trinajstić information content (AvgIpc) is 3.44. The van der Waals surface area contributed by atoms with E-state index in [0.29, 0.717) is 6.61 Å². The summed E-state index contributed by atoms with van der Waals surface area (Å²) >= 11 is 0. The Labute approximate surface area is 180 Å². The molecule has 1 N–H and O–H groups in total. The summed E-state index contributed by atoms with van der Waals surface area (Å²) in [5.74, 6) is 2.32. The highest BCUT2D eigenvalue weighted by Gasteiger charge is 2.05. The molecule has 0 aliphatic heterocycles. The largest absolute Gasteiger partial charge is 0.496 e. The monoisotopic (exact) mass is 413 g/mol. The Bertz CT molecular complexity index is 1190. The molecule has 0 amide bonds. The number of hydrogen-bond donors (Lipinski definition) is 1. The molecule has 0 atom stereocenters. The van der Waals surface area contributed by atoms with Gasteiger partial charge in [0.05, 0.1) is 24.2 Å². The molecule has 0 spiro atoms. The molecule has 3 heterocycles. The lowest BCUT2D eigenvalue weighted by atomic mass is 10.1. The standard InChI is InChI=1S/C24H23N5O2/c1-29-14-13-26-24(29)11-9-20-15-19(27-28-20)8-6-18-7-10-22(16-23(18)30-2)31-17-21-5-3-4-12-25-21/h3-16H,17H2,1-2H3,(H,27,28). The van der Waals surface area contributed by atoms with E-state index in [9.17, 15) is 0 Å². The number of pyridine rings is 1. The van der Waals surface area contributed by atoms with Gasteiger partial charge in [-0.05, 0) is 54.6 Å². The summed E-state index contributed by atoms with van der Waals surface area (Å²) in [5.41, 5.74) is 3.52. The van der Waals surface area contributed by atoms with E-state index in [1.807, 2.05) is 84.6 Å². The van der Waals surface area contributed by atoms with E-state index in [4.69, 9.17) is 9.47 Å². The molecule has 4 aromatic rings. The first-order valence-electron chi connectivity index (χ1n) is 9.81. The van der Waals surface area contributed by atoms with E-state index in [2.05, 4.69) is 20.2 Å². The van der Waals surface area contributed by atoms with Gasteiger partial charge in [0, 0.05) is 37.3 Å². The van der Waals surface area contributed by atoms with Crippen LogP contribution >= 0.6 is 0 Å². The van der Waals surface area contributed by atoms with Gasteiger partial charge in [-0.3, -0.25) is 10.1 Å². The summed E-state index contributed by atoms with van der Waals surface area (Å²) in [6.45, 7) is 0.404. The van der Waals surface area contributed by atoms with Crippen molar-refractivity contribution < 1.29 is 9.47 Å². The fraction of sp³-hybridized carbons (Fsp3) is 0.125. The van der Waals surface area contributed by atoms with Gasteiger partial charge in [0.15, 0.2) is 0 Å². The van der Waals surface area contributed by atoms with E-state index in [1.165, 1.54) is 0 Å². The number of methoxy groups -OCH3 is 1. The number of H-pyrrole nitrogens is 1. The molecule has 31 heavy (non-hydrogen) atoms. The molecule has 156 valence electrons. The molecule has 0 aliphatic rings. The molecule has 0 radical (unpaired) electrons. The average molecular weight is 413 g/mol. The third-order valence-corrected chi connectivity index (χ3v) is 4.64. The Kier molecular flexibility index (Phi) is 6.23. The van der Waals surface area contributed by atoms with Gasteiger partial charge >= 0.3 is 0 Å². The zero-order valence-electron chi connectivity index (χ0n) is 17.4. The maximum absolute atomic E-state index is 5.82. The van der Waals surface area contributed by atoms with Crippen LogP contribution in [0.25, 0.3) is 24.3 Å². The van der Waals surface area contributed by atoms with Crippen molar-refractivity contribution in [3.05, 3.63) is 89.5 Å². The van der Waals surface area contributed by atoms with Crippen LogP contribution in [0.15, 0.2) is 61.1 Å². The van der Waals surface area contributed by atoms with Crippen molar-refractivity contribution in [2.24, 2.45) is 7.05 Å². The highest BCUT2D eigenvalue weighted by molar-refractivity contribution is 5.73. The summed E-state index contributed by atoms with van der Waals surface area (Å²) in [6, 6.07) is 13.5. The predicted octanol–water partition coefficient (Wildman–Crippen LogP) is 4.47. The Morgan fingerprint density at radius 3 is 2.71 bits per heavy atom. The molecule has 7 heteroatoms. The van der Waals surface area contributed by atoms with Crippen molar-refractivity contribution in [2.75, 3.05) is 7.11 Å². The van der Waals surface area contributed by atoms with Crippen molar-refractivity contribution in [3.8, 4) is 11.5 Å². The number of aryl methyl sites for hydroxylation is 1. The smallest absolute Gasteiger partial charge is 0.132 e. The zero-order chi connectivity index (χ0) is 21.5. The Balaban J connectivity index is 1.42. The van der Waals surface area contributed by atoms with Crippen molar-refractivity contribution in [1.82, 2.24) is 24.7 Å². The molecule has 3 aromatic heterocycles. The minimum atomic E-state index is 0.404. The third kappa shape index (κ3) is 5.27. The number of aromatic nitrogens is 5. The number of aromatic amines is 1. The fourth-order valence-electron chi connectivity index (χ4n) is 2.96. The number of ether oxygens (including phenoxy) is 2. The van der Waals surface area contributed by atoms with Gasteiger partial charge in [-0.1, -0.05) is 6.07 Å². The van der Waals surface area contributed by atoms with Crippen molar-refractivity contribution >= 4 is 24.3 Å². The maximum Gasteiger partial charge on any atom is 0.132 e. The molecule has 1 aromatic carbocycles. The third-order valence-electron chi connectivity index (χ3n) is 4.64. The molecule has 0 saturated carbocycles. The van der Waals surface area contributed by atoms with Gasteiger partial charge in [0.2, 0.25) is 0 Å². The number of rotatable bonds is 8. The Hall–Kier alpha value is -4.13. The first-order chi connectivity index (χ1) is 15.2. The number of imidazole rings is 1. The van der Waals surface area contributed by atoms with Crippen LogP contribution in [0.4, 0.5) is 0 Å². The van der Waals surface area contributed by atoms with E-state index >= 15 is 0 Å². The Morgan fingerprint density at radius 2 is 1.94 bits per heavy atom. The second-order valence-corrected chi connectivity index (χ2v) is 6.82. The number of nitrogens with one attached hydrogen (secondary N) is 1. The molecule has 0 fully saturated rings. The van der Waals surface area contributed by atoms with Crippen molar-refractivity contribution in [2.45, 2.75) is 6.61 Å². The molecule has 0 unspecified atom stereocenters. The first kappa shape index (κ1) is 20.2. The molecule has 7 nitrogen and oxygen atoms in total. The minimum absolute atomic E-state index is 0.404. The van der Waals surface area contributed by atoms with E-state index in [1.54, 1.807) is 19.5 Å². The molecular formula is C24H23N5O2. The lowest BCUT2D eigenvalue weighted by Gasteiger charge is -2.09. The fourth-order valence-corrected chi connectivity index (χ4v) is 2.96. The van der Waals surface area contributed by atoms with Crippen molar-refractivity contribution in [1.29, 1.82) is 0 Å². The number of benzene rings is 1. The van der Waals surface area contributed by atoms with E-state index in [0.717, 1.165) is 40.0 Å². The maximum atomic E-state index is 5.82. The number of nitrogens with zero attached hydrogens (tertiary/aromatic N) is 4. The topological polar surface area (TPSA) is 77.9 Å². The van der Waals surface area contributed by atoms with Gasteiger partial charge in [-0.25, -0.2) is 4.98 Å². The second-order valence-electron chi connectivity index (χ2n) is 6.82. The highest BCUT2D eigenvalue weighted by atomic mass is 16.5. The lowest BCUT2D eigenvalue weighted by molar-refractivity contribution is 0.299. The molecule has 0 aliphatic carbocycles. The first-order valence-corrected chi connectivity index (χ1v) is 9.81. The van der Waals surface area contributed by atoms with Crippen LogP contribution in [0.5, 0.6) is 11.5 Å². The van der Waals surface area contributed by atoms with Crippen LogP contribution in [-0.2, 0) is 13.7 Å². The molecule has 0 bridgehead atoms. The van der Waals surface area contributed by atoms with Crippen molar-refractivity contribution in [3.63, 3.8) is 0 Å².